The van der Waals surface area contributed by atoms with Crippen LogP contribution in [0.3, 0.4) is 0 Å². The van der Waals surface area contributed by atoms with Crippen LogP contribution in [0.15, 0.2) is 18.2 Å². The summed E-state index contributed by atoms with van der Waals surface area (Å²) in [5.41, 5.74) is 0.812. The maximum Gasteiger partial charge on any atom is 0.387 e. The van der Waals surface area contributed by atoms with Gasteiger partial charge in [0.25, 0.3) is 0 Å². The summed E-state index contributed by atoms with van der Waals surface area (Å²) in [6.07, 6.45) is 0. The standard InChI is InChI=1S/C14H20F2N2O3/c1-4-20-12-7-10(5-6-11(12)21-14(15)16)8-17-9-13(19)18(2)3/h5-7,14,17H,4,8-9H2,1-3H3. The summed E-state index contributed by atoms with van der Waals surface area (Å²) < 4.78 is 34.2. The Hall–Kier alpha value is -1.89. The van der Waals surface area contributed by atoms with Gasteiger partial charge < -0.3 is 19.7 Å². The van der Waals surface area contributed by atoms with Gasteiger partial charge >= 0.3 is 6.61 Å². The van der Waals surface area contributed by atoms with E-state index in [9.17, 15) is 13.6 Å². The van der Waals surface area contributed by atoms with Gasteiger partial charge in [-0.1, -0.05) is 6.07 Å². The third kappa shape index (κ3) is 5.95. The fourth-order valence-electron chi connectivity index (χ4n) is 1.60. The molecule has 0 radical (unpaired) electrons. The van der Waals surface area contributed by atoms with Crippen LogP contribution in [0.1, 0.15) is 12.5 Å². The smallest absolute Gasteiger partial charge is 0.387 e. The second kappa shape index (κ2) is 8.41. The van der Waals surface area contributed by atoms with Gasteiger partial charge in [-0.2, -0.15) is 8.78 Å². The van der Waals surface area contributed by atoms with Crippen molar-refractivity contribution in [2.45, 2.75) is 20.1 Å². The van der Waals surface area contributed by atoms with Crippen molar-refractivity contribution in [3.63, 3.8) is 0 Å². The van der Waals surface area contributed by atoms with E-state index in [0.717, 1.165) is 5.56 Å². The first-order chi connectivity index (χ1) is 9.93. The predicted octanol–water partition coefficient (Wildman–Crippen LogP) is 1.86. The Morgan fingerprint density at radius 1 is 1.33 bits per heavy atom. The minimum atomic E-state index is -2.90. The van der Waals surface area contributed by atoms with Crippen LogP contribution in [0, 0.1) is 0 Å². The number of hydrogen-bond donors (Lipinski definition) is 1. The molecule has 0 fully saturated rings. The molecule has 118 valence electrons. The van der Waals surface area contributed by atoms with Crippen molar-refractivity contribution in [1.29, 1.82) is 0 Å². The van der Waals surface area contributed by atoms with Gasteiger partial charge in [0, 0.05) is 20.6 Å². The first-order valence-corrected chi connectivity index (χ1v) is 6.55. The molecule has 0 aliphatic carbocycles. The fourth-order valence-corrected chi connectivity index (χ4v) is 1.60. The summed E-state index contributed by atoms with van der Waals surface area (Å²) in [5, 5.41) is 2.98. The van der Waals surface area contributed by atoms with Gasteiger partial charge in [-0.15, -0.1) is 0 Å². The van der Waals surface area contributed by atoms with E-state index in [-0.39, 0.29) is 24.0 Å². The molecule has 0 heterocycles. The highest BCUT2D eigenvalue weighted by Crippen LogP contribution is 2.29. The number of nitrogens with zero attached hydrogens (tertiary/aromatic N) is 1. The van der Waals surface area contributed by atoms with Gasteiger partial charge in [-0.25, -0.2) is 0 Å². The largest absolute Gasteiger partial charge is 0.490 e. The monoisotopic (exact) mass is 302 g/mol. The Morgan fingerprint density at radius 3 is 2.62 bits per heavy atom. The van der Waals surface area contributed by atoms with Crippen LogP contribution in [0.5, 0.6) is 11.5 Å². The lowest BCUT2D eigenvalue weighted by molar-refractivity contribution is -0.127. The number of hydrogen-bond acceptors (Lipinski definition) is 4. The minimum Gasteiger partial charge on any atom is -0.490 e. The summed E-state index contributed by atoms with van der Waals surface area (Å²) in [5.74, 6) is 0.216. The first kappa shape index (κ1) is 17.2. The molecule has 21 heavy (non-hydrogen) atoms. The molecular formula is C14H20F2N2O3. The molecule has 7 heteroatoms. The third-order valence-electron chi connectivity index (χ3n) is 2.63. The number of carbonyl (C=O) groups is 1. The summed E-state index contributed by atoms with van der Waals surface area (Å²) in [6.45, 7) is -0.172. The molecule has 0 atom stereocenters. The van der Waals surface area contributed by atoms with Gasteiger partial charge in [-0.05, 0) is 24.6 Å². The van der Waals surface area contributed by atoms with Crippen LogP contribution in [0.2, 0.25) is 0 Å². The van der Waals surface area contributed by atoms with Crippen LogP contribution < -0.4 is 14.8 Å². The number of alkyl halides is 2. The topological polar surface area (TPSA) is 50.8 Å². The molecule has 1 N–H and O–H groups in total. The van der Waals surface area contributed by atoms with Crippen molar-refractivity contribution in [1.82, 2.24) is 10.2 Å². The van der Waals surface area contributed by atoms with Gasteiger partial charge in [0.1, 0.15) is 0 Å². The summed E-state index contributed by atoms with van der Waals surface area (Å²) >= 11 is 0. The fraction of sp³-hybridized carbons (Fsp3) is 0.500. The summed E-state index contributed by atoms with van der Waals surface area (Å²) in [6, 6.07) is 4.70. The van der Waals surface area contributed by atoms with E-state index in [0.29, 0.717) is 13.2 Å². The van der Waals surface area contributed by atoms with Crippen LogP contribution in [0.4, 0.5) is 8.78 Å². The minimum absolute atomic E-state index is 0.0000297. The van der Waals surface area contributed by atoms with Crippen molar-refractivity contribution in [2.24, 2.45) is 0 Å². The Balaban J connectivity index is 2.67. The van der Waals surface area contributed by atoms with Crippen molar-refractivity contribution < 1.29 is 23.0 Å². The predicted molar refractivity (Wildman–Crippen MR) is 74.6 cm³/mol. The van der Waals surface area contributed by atoms with Crippen molar-refractivity contribution in [2.75, 3.05) is 27.2 Å². The molecule has 1 aromatic rings. The first-order valence-electron chi connectivity index (χ1n) is 6.55. The average Bonchev–Trinajstić information content (AvgIpc) is 2.41. The van der Waals surface area contributed by atoms with E-state index in [1.165, 1.54) is 11.0 Å². The zero-order valence-electron chi connectivity index (χ0n) is 12.4. The van der Waals surface area contributed by atoms with Crippen LogP contribution in [-0.4, -0.2) is 44.7 Å². The third-order valence-corrected chi connectivity index (χ3v) is 2.63. The molecule has 1 rings (SSSR count). The lowest BCUT2D eigenvalue weighted by Crippen LogP contribution is -2.32. The quantitative estimate of drug-likeness (QED) is 0.796. The lowest BCUT2D eigenvalue weighted by atomic mass is 10.2. The van der Waals surface area contributed by atoms with E-state index >= 15 is 0 Å². The van der Waals surface area contributed by atoms with Crippen LogP contribution in [0.25, 0.3) is 0 Å². The lowest BCUT2D eigenvalue weighted by Gasteiger charge is -2.14. The zero-order valence-corrected chi connectivity index (χ0v) is 12.4. The van der Waals surface area contributed by atoms with E-state index < -0.39 is 6.61 Å². The van der Waals surface area contributed by atoms with Crippen molar-refractivity contribution in [3.05, 3.63) is 23.8 Å². The van der Waals surface area contributed by atoms with Crippen molar-refractivity contribution in [3.8, 4) is 11.5 Å². The molecule has 0 bridgehead atoms. The van der Waals surface area contributed by atoms with E-state index in [4.69, 9.17) is 4.74 Å². The van der Waals surface area contributed by atoms with Gasteiger partial charge in [-0.3, -0.25) is 4.79 Å². The number of nitrogens with one attached hydrogen (secondary N) is 1. The Kier molecular flexibility index (Phi) is 6.87. The number of benzene rings is 1. The second-order valence-electron chi connectivity index (χ2n) is 4.48. The maximum atomic E-state index is 12.3. The molecule has 0 unspecified atom stereocenters. The highest BCUT2D eigenvalue weighted by atomic mass is 19.3. The Morgan fingerprint density at radius 2 is 2.05 bits per heavy atom. The number of ether oxygens (including phenoxy) is 2. The van der Waals surface area contributed by atoms with Gasteiger partial charge in [0.2, 0.25) is 5.91 Å². The second-order valence-corrected chi connectivity index (χ2v) is 4.48. The molecule has 0 saturated heterocycles. The van der Waals surface area contributed by atoms with Gasteiger partial charge in [0.05, 0.1) is 13.2 Å². The van der Waals surface area contributed by atoms with Crippen LogP contribution >= 0.6 is 0 Å². The molecular weight excluding hydrogens is 282 g/mol. The molecule has 0 saturated carbocycles. The zero-order chi connectivity index (χ0) is 15.8. The number of carbonyl (C=O) groups excluding carboxylic acids is 1. The molecule has 5 nitrogen and oxygen atoms in total. The van der Waals surface area contributed by atoms with E-state index in [1.54, 1.807) is 33.2 Å². The molecule has 0 aliphatic rings. The molecule has 0 spiro atoms. The maximum absolute atomic E-state index is 12.3. The average molecular weight is 302 g/mol. The Labute approximate surface area is 122 Å². The van der Waals surface area contributed by atoms with E-state index in [1.807, 2.05) is 0 Å². The normalized spacial score (nSPS) is 10.6. The van der Waals surface area contributed by atoms with Gasteiger partial charge in [0.15, 0.2) is 11.5 Å². The Bertz CT molecular complexity index is 468. The summed E-state index contributed by atoms with van der Waals surface area (Å²) in [7, 11) is 3.35. The molecule has 0 aromatic heterocycles. The molecule has 0 aliphatic heterocycles. The SMILES string of the molecule is CCOc1cc(CNCC(=O)N(C)C)ccc1OC(F)F. The molecule has 1 aromatic carbocycles. The summed E-state index contributed by atoms with van der Waals surface area (Å²) in [4.78, 5) is 12.9. The molecule has 1 amide bonds. The number of likely N-dealkylation sites (N-methyl/N-ethyl adjacent to an activating group) is 1. The van der Waals surface area contributed by atoms with Crippen LogP contribution in [-0.2, 0) is 11.3 Å². The number of rotatable bonds is 8. The number of amides is 1. The van der Waals surface area contributed by atoms with E-state index in [2.05, 4.69) is 10.1 Å². The highest BCUT2D eigenvalue weighted by Gasteiger charge is 2.11. The van der Waals surface area contributed by atoms with Crippen molar-refractivity contribution >= 4 is 5.91 Å². The highest BCUT2D eigenvalue weighted by molar-refractivity contribution is 5.77. The number of halogens is 2.